The minimum Gasteiger partial charge on any atom is -0.496 e. The molecule has 0 saturated carbocycles. The SMILES string of the molecule is COc1ccc(C)cc1C(NN)c1ccc(C)cc1F. The fourth-order valence-electron chi connectivity index (χ4n) is 2.29. The standard InChI is InChI=1S/C16H19FN2O/c1-10-5-7-15(20-3)13(8-10)16(19-18)12-6-4-11(2)9-14(12)17/h4-9,16,19H,18H2,1-3H3. The van der Waals surface area contributed by atoms with E-state index < -0.39 is 6.04 Å². The number of hydrazine groups is 1. The Balaban J connectivity index is 2.54. The molecule has 2 aromatic carbocycles. The minimum absolute atomic E-state index is 0.281. The molecule has 4 heteroatoms. The second-order valence-corrected chi connectivity index (χ2v) is 4.87. The number of nitrogens with two attached hydrogens (primary N) is 1. The maximum Gasteiger partial charge on any atom is 0.128 e. The molecule has 20 heavy (non-hydrogen) atoms. The van der Waals surface area contributed by atoms with Crippen LogP contribution in [0.4, 0.5) is 4.39 Å². The average molecular weight is 274 g/mol. The normalized spacial score (nSPS) is 12.2. The van der Waals surface area contributed by atoms with E-state index in [9.17, 15) is 4.39 Å². The van der Waals surface area contributed by atoms with Crippen LogP contribution in [0.2, 0.25) is 0 Å². The van der Waals surface area contributed by atoms with Crippen LogP contribution in [0.25, 0.3) is 0 Å². The van der Waals surface area contributed by atoms with Crippen molar-refractivity contribution in [1.82, 2.24) is 5.43 Å². The van der Waals surface area contributed by atoms with Crippen LogP contribution >= 0.6 is 0 Å². The highest BCUT2D eigenvalue weighted by Gasteiger charge is 2.20. The number of nitrogens with one attached hydrogen (secondary N) is 1. The average Bonchev–Trinajstić information content (AvgIpc) is 2.42. The first kappa shape index (κ1) is 14.5. The lowest BCUT2D eigenvalue weighted by atomic mass is 9.95. The molecular formula is C16H19FN2O. The summed E-state index contributed by atoms with van der Waals surface area (Å²) in [5.41, 5.74) is 5.93. The van der Waals surface area contributed by atoms with Gasteiger partial charge in [-0.3, -0.25) is 5.84 Å². The molecule has 2 aromatic rings. The van der Waals surface area contributed by atoms with Gasteiger partial charge in [-0.25, -0.2) is 9.82 Å². The number of hydrogen-bond acceptors (Lipinski definition) is 3. The summed E-state index contributed by atoms with van der Waals surface area (Å²) in [6.07, 6.45) is 0. The van der Waals surface area contributed by atoms with E-state index in [1.807, 2.05) is 38.1 Å². The van der Waals surface area contributed by atoms with E-state index >= 15 is 0 Å². The van der Waals surface area contributed by atoms with E-state index in [0.29, 0.717) is 11.3 Å². The molecule has 0 aliphatic carbocycles. The van der Waals surface area contributed by atoms with Gasteiger partial charge in [0.15, 0.2) is 0 Å². The van der Waals surface area contributed by atoms with Crippen LogP contribution in [-0.4, -0.2) is 7.11 Å². The van der Waals surface area contributed by atoms with Gasteiger partial charge >= 0.3 is 0 Å². The topological polar surface area (TPSA) is 47.3 Å². The Morgan fingerprint density at radius 1 is 1.05 bits per heavy atom. The zero-order valence-corrected chi connectivity index (χ0v) is 11.9. The van der Waals surface area contributed by atoms with Gasteiger partial charge in [-0.15, -0.1) is 0 Å². The first-order chi connectivity index (χ1) is 9.56. The van der Waals surface area contributed by atoms with E-state index in [-0.39, 0.29) is 5.82 Å². The zero-order valence-electron chi connectivity index (χ0n) is 11.9. The number of aryl methyl sites for hydroxylation is 2. The predicted molar refractivity (Wildman–Crippen MR) is 78.0 cm³/mol. The Hall–Kier alpha value is -1.91. The second-order valence-electron chi connectivity index (χ2n) is 4.87. The summed E-state index contributed by atoms with van der Waals surface area (Å²) in [5.74, 6) is 6.04. The van der Waals surface area contributed by atoms with Crippen molar-refractivity contribution in [3.8, 4) is 5.75 Å². The molecule has 1 unspecified atom stereocenters. The number of ether oxygens (including phenoxy) is 1. The fourth-order valence-corrected chi connectivity index (χ4v) is 2.29. The van der Waals surface area contributed by atoms with Crippen molar-refractivity contribution in [3.63, 3.8) is 0 Å². The van der Waals surface area contributed by atoms with Gasteiger partial charge in [0, 0.05) is 11.1 Å². The van der Waals surface area contributed by atoms with Gasteiger partial charge in [0.25, 0.3) is 0 Å². The lowest BCUT2D eigenvalue weighted by Crippen LogP contribution is -2.30. The van der Waals surface area contributed by atoms with Crippen molar-refractivity contribution in [2.24, 2.45) is 5.84 Å². The monoisotopic (exact) mass is 274 g/mol. The smallest absolute Gasteiger partial charge is 0.128 e. The molecule has 0 aliphatic heterocycles. The van der Waals surface area contributed by atoms with Gasteiger partial charge in [0.2, 0.25) is 0 Å². The third kappa shape index (κ3) is 2.81. The highest BCUT2D eigenvalue weighted by Crippen LogP contribution is 2.31. The third-order valence-corrected chi connectivity index (χ3v) is 3.33. The summed E-state index contributed by atoms with van der Waals surface area (Å²) in [4.78, 5) is 0. The molecule has 0 aromatic heterocycles. The summed E-state index contributed by atoms with van der Waals surface area (Å²) in [7, 11) is 1.59. The van der Waals surface area contributed by atoms with Crippen molar-refractivity contribution in [1.29, 1.82) is 0 Å². The van der Waals surface area contributed by atoms with E-state index in [2.05, 4.69) is 5.43 Å². The first-order valence-corrected chi connectivity index (χ1v) is 6.43. The van der Waals surface area contributed by atoms with Crippen molar-refractivity contribution in [2.45, 2.75) is 19.9 Å². The highest BCUT2D eigenvalue weighted by molar-refractivity contribution is 5.44. The Labute approximate surface area is 118 Å². The molecule has 0 fully saturated rings. The molecule has 3 nitrogen and oxygen atoms in total. The number of hydrogen-bond donors (Lipinski definition) is 2. The first-order valence-electron chi connectivity index (χ1n) is 6.43. The van der Waals surface area contributed by atoms with Crippen molar-refractivity contribution in [2.75, 3.05) is 7.11 Å². The van der Waals surface area contributed by atoms with Crippen LogP contribution in [-0.2, 0) is 0 Å². The molecule has 2 rings (SSSR count). The molecule has 106 valence electrons. The van der Waals surface area contributed by atoms with E-state index in [0.717, 1.165) is 16.7 Å². The largest absolute Gasteiger partial charge is 0.496 e. The maximum absolute atomic E-state index is 14.2. The van der Waals surface area contributed by atoms with Gasteiger partial charge in [-0.05, 0) is 31.5 Å². The summed E-state index contributed by atoms with van der Waals surface area (Å²) >= 11 is 0. The van der Waals surface area contributed by atoms with Crippen LogP contribution in [0.15, 0.2) is 36.4 Å². The Morgan fingerprint density at radius 3 is 2.30 bits per heavy atom. The fraction of sp³-hybridized carbons (Fsp3) is 0.250. The summed E-state index contributed by atoms with van der Waals surface area (Å²) in [6.45, 7) is 3.83. The van der Waals surface area contributed by atoms with Gasteiger partial charge in [-0.1, -0.05) is 29.8 Å². The molecule has 0 radical (unpaired) electrons. The zero-order chi connectivity index (χ0) is 14.7. The van der Waals surface area contributed by atoms with E-state index in [1.54, 1.807) is 13.2 Å². The number of benzene rings is 2. The molecule has 0 bridgehead atoms. The van der Waals surface area contributed by atoms with Crippen LogP contribution in [0.1, 0.15) is 28.3 Å². The van der Waals surface area contributed by atoms with Crippen molar-refractivity contribution in [3.05, 3.63) is 64.5 Å². The molecule has 0 heterocycles. The quantitative estimate of drug-likeness (QED) is 0.665. The molecule has 0 spiro atoms. The number of methoxy groups -OCH3 is 1. The molecule has 0 saturated heterocycles. The number of rotatable bonds is 4. The van der Waals surface area contributed by atoms with Crippen molar-refractivity contribution < 1.29 is 9.13 Å². The number of halogens is 1. The summed E-state index contributed by atoms with van der Waals surface area (Å²) in [5, 5.41) is 0. The summed E-state index contributed by atoms with van der Waals surface area (Å²) < 4.78 is 19.5. The van der Waals surface area contributed by atoms with Crippen molar-refractivity contribution >= 4 is 0 Å². The van der Waals surface area contributed by atoms with Gasteiger partial charge in [-0.2, -0.15) is 0 Å². The van der Waals surface area contributed by atoms with Gasteiger partial charge in [0.05, 0.1) is 13.2 Å². The van der Waals surface area contributed by atoms with Gasteiger partial charge < -0.3 is 4.74 Å². The molecular weight excluding hydrogens is 255 g/mol. The lowest BCUT2D eigenvalue weighted by Gasteiger charge is -2.21. The van der Waals surface area contributed by atoms with Crippen LogP contribution in [0, 0.1) is 19.7 Å². The maximum atomic E-state index is 14.2. The minimum atomic E-state index is -0.453. The highest BCUT2D eigenvalue weighted by atomic mass is 19.1. The van der Waals surface area contributed by atoms with Crippen LogP contribution < -0.4 is 16.0 Å². The van der Waals surface area contributed by atoms with Crippen LogP contribution in [0.5, 0.6) is 5.75 Å². The second kappa shape index (κ2) is 6.03. The lowest BCUT2D eigenvalue weighted by molar-refractivity contribution is 0.403. The molecule has 0 aliphatic rings. The van der Waals surface area contributed by atoms with Crippen LogP contribution in [0.3, 0.4) is 0 Å². The third-order valence-electron chi connectivity index (χ3n) is 3.33. The molecule has 3 N–H and O–H groups in total. The van der Waals surface area contributed by atoms with E-state index in [4.69, 9.17) is 10.6 Å². The Bertz CT molecular complexity index is 613. The molecule has 1 atom stereocenters. The van der Waals surface area contributed by atoms with E-state index in [1.165, 1.54) is 6.07 Å². The molecule has 0 amide bonds. The van der Waals surface area contributed by atoms with Gasteiger partial charge in [0.1, 0.15) is 11.6 Å². The summed E-state index contributed by atoms with van der Waals surface area (Å²) in [6, 6.07) is 10.4. The predicted octanol–water partition coefficient (Wildman–Crippen LogP) is 3.00. The Kier molecular flexibility index (Phi) is 4.37. The Morgan fingerprint density at radius 2 is 1.70 bits per heavy atom.